The second-order valence-electron chi connectivity index (χ2n) is 3.70. The predicted molar refractivity (Wildman–Crippen MR) is 58.6 cm³/mol. The number of nitrogens with zero attached hydrogens (tertiary/aromatic N) is 4. The van der Waals surface area contributed by atoms with E-state index in [9.17, 15) is 4.79 Å². The summed E-state index contributed by atoms with van der Waals surface area (Å²) < 4.78 is 1.61. The van der Waals surface area contributed by atoms with Gasteiger partial charge in [-0.15, -0.1) is 5.10 Å². The van der Waals surface area contributed by atoms with Crippen LogP contribution in [0.15, 0.2) is 24.3 Å². The number of benzene rings is 1. The molecule has 5 nitrogen and oxygen atoms in total. The number of rotatable bonds is 3. The van der Waals surface area contributed by atoms with Crippen LogP contribution in [-0.2, 0) is 18.3 Å². The number of tetrazole rings is 1. The van der Waals surface area contributed by atoms with E-state index in [1.807, 2.05) is 24.3 Å². The van der Waals surface area contributed by atoms with Crippen LogP contribution in [0, 0.1) is 0 Å². The van der Waals surface area contributed by atoms with Crippen molar-refractivity contribution < 1.29 is 4.79 Å². The van der Waals surface area contributed by atoms with Gasteiger partial charge in [-0.1, -0.05) is 24.3 Å². The monoisotopic (exact) mass is 216 g/mol. The molecule has 5 heteroatoms. The second kappa shape index (κ2) is 4.22. The van der Waals surface area contributed by atoms with E-state index in [0.29, 0.717) is 6.42 Å². The van der Waals surface area contributed by atoms with Crippen molar-refractivity contribution >= 4 is 5.78 Å². The largest absolute Gasteiger partial charge is 0.300 e. The first kappa shape index (κ1) is 10.5. The average Bonchev–Trinajstić information content (AvgIpc) is 2.65. The first-order valence-corrected chi connectivity index (χ1v) is 4.98. The first-order valence-electron chi connectivity index (χ1n) is 4.98. The Hall–Kier alpha value is -2.04. The van der Waals surface area contributed by atoms with Crippen molar-refractivity contribution in [2.75, 3.05) is 0 Å². The Bertz CT molecular complexity index is 501. The van der Waals surface area contributed by atoms with E-state index in [4.69, 9.17) is 0 Å². The number of hydrogen-bond donors (Lipinski definition) is 0. The number of aryl methyl sites for hydroxylation is 1. The normalized spacial score (nSPS) is 10.4. The van der Waals surface area contributed by atoms with E-state index < -0.39 is 0 Å². The van der Waals surface area contributed by atoms with Gasteiger partial charge in [-0.3, -0.25) is 4.79 Å². The smallest absolute Gasteiger partial charge is 0.181 e. The summed E-state index contributed by atoms with van der Waals surface area (Å²) >= 11 is 0. The molecule has 0 bridgehead atoms. The fraction of sp³-hybridized carbons (Fsp3) is 0.273. The van der Waals surface area contributed by atoms with E-state index in [2.05, 4.69) is 15.5 Å². The quantitative estimate of drug-likeness (QED) is 0.768. The van der Waals surface area contributed by atoms with Crippen molar-refractivity contribution in [1.82, 2.24) is 20.2 Å². The predicted octanol–water partition coefficient (Wildman–Crippen LogP) is 1.01. The third-order valence-electron chi connectivity index (χ3n) is 2.29. The zero-order valence-corrected chi connectivity index (χ0v) is 9.21. The van der Waals surface area contributed by atoms with Crippen LogP contribution in [-0.4, -0.2) is 26.0 Å². The molecule has 0 unspecified atom stereocenters. The van der Waals surface area contributed by atoms with Crippen molar-refractivity contribution in [2.45, 2.75) is 13.3 Å². The fourth-order valence-corrected chi connectivity index (χ4v) is 1.53. The number of ketones is 1. The van der Waals surface area contributed by atoms with Crippen LogP contribution in [0.4, 0.5) is 0 Å². The Balaban J connectivity index is 2.26. The summed E-state index contributed by atoms with van der Waals surface area (Å²) in [7, 11) is 1.79. The maximum absolute atomic E-state index is 10.9. The van der Waals surface area contributed by atoms with Crippen LogP contribution >= 0.6 is 0 Å². The van der Waals surface area contributed by atoms with Gasteiger partial charge in [0.25, 0.3) is 0 Å². The first-order chi connectivity index (χ1) is 7.66. The van der Waals surface area contributed by atoms with Gasteiger partial charge >= 0.3 is 0 Å². The molecule has 0 saturated heterocycles. The van der Waals surface area contributed by atoms with E-state index in [1.165, 1.54) is 0 Å². The molecule has 16 heavy (non-hydrogen) atoms. The van der Waals surface area contributed by atoms with Crippen molar-refractivity contribution in [1.29, 1.82) is 0 Å². The topological polar surface area (TPSA) is 60.7 Å². The van der Waals surface area contributed by atoms with Gasteiger partial charge in [-0.05, 0) is 22.9 Å². The standard InChI is InChI=1S/C11H12N4O/c1-8(16)7-9-3-5-10(6-4-9)11-12-13-14-15(11)2/h3-6H,7H2,1-2H3. The maximum atomic E-state index is 10.9. The van der Waals surface area contributed by atoms with Crippen LogP contribution in [0.5, 0.6) is 0 Å². The highest BCUT2D eigenvalue weighted by atomic mass is 16.1. The number of hydrogen-bond acceptors (Lipinski definition) is 4. The summed E-state index contributed by atoms with van der Waals surface area (Å²) in [5, 5.41) is 11.3. The van der Waals surface area contributed by atoms with Gasteiger partial charge in [0.15, 0.2) is 5.82 Å². The molecule has 0 spiro atoms. The molecule has 0 aliphatic rings. The highest BCUT2D eigenvalue weighted by Gasteiger charge is 2.05. The summed E-state index contributed by atoms with van der Waals surface area (Å²) in [5.74, 6) is 0.877. The van der Waals surface area contributed by atoms with Crippen LogP contribution in [0.3, 0.4) is 0 Å². The Morgan fingerprint density at radius 2 is 2.00 bits per heavy atom. The minimum absolute atomic E-state index is 0.160. The molecule has 0 aliphatic heterocycles. The molecule has 0 aliphatic carbocycles. The molecular formula is C11H12N4O. The molecule has 0 N–H and O–H groups in total. The van der Waals surface area contributed by atoms with Crippen LogP contribution in [0.2, 0.25) is 0 Å². The lowest BCUT2D eigenvalue weighted by molar-refractivity contribution is -0.116. The van der Waals surface area contributed by atoms with Gasteiger partial charge in [-0.25, -0.2) is 4.68 Å². The lowest BCUT2D eigenvalue weighted by Crippen LogP contribution is -1.97. The third-order valence-corrected chi connectivity index (χ3v) is 2.29. The summed E-state index contributed by atoms with van der Waals surface area (Å²) in [6.07, 6.45) is 0.470. The molecule has 2 rings (SSSR count). The Morgan fingerprint density at radius 1 is 1.31 bits per heavy atom. The molecule has 0 atom stereocenters. The molecule has 0 amide bonds. The average molecular weight is 216 g/mol. The van der Waals surface area contributed by atoms with Crippen LogP contribution in [0.1, 0.15) is 12.5 Å². The third kappa shape index (κ3) is 2.13. The summed E-state index contributed by atoms with van der Waals surface area (Å²) in [6, 6.07) is 7.69. The van der Waals surface area contributed by atoms with Crippen molar-refractivity contribution in [3.8, 4) is 11.4 Å². The summed E-state index contributed by atoms with van der Waals surface area (Å²) in [4.78, 5) is 10.9. The molecule has 0 radical (unpaired) electrons. The Morgan fingerprint density at radius 3 is 2.50 bits per heavy atom. The van der Waals surface area contributed by atoms with Gasteiger partial charge < -0.3 is 0 Å². The van der Waals surface area contributed by atoms with Gasteiger partial charge in [-0.2, -0.15) is 0 Å². The van der Waals surface area contributed by atoms with E-state index in [1.54, 1.807) is 18.7 Å². The Kier molecular flexibility index (Phi) is 2.76. The SMILES string of the molecule is CC(=O)Cc1ccc(-c2nnnn2C)cc1. The van der Waals surface area contributed by atoms with Gasteiger partial charge in [0.05, 0.1) is 0 Å². The number of Topliss-reactive ketones (excluding diaryl/α,β-unsaturated/α-hetero) is 1. The maximum Gasteiger partial charge on any atom is 0.181 e. The molecule has 1 aromatic heterocycles. The second-order valence-corrected chi connectivity index (χ2v) is 3.70. The number of carbonyl (C=O) groups is 1. The lowest BCUT2D eigenvalue weighted by atomic mass is 10.1. The molecule has 0 fully saturated rings. The van der Waals surface area contributed by atoms with Crippen molar-refractivity contribution in [3.05, 3.63) is 29.8 Å². The fourth-order valence-electron chi connectivity index (χ4n) is 1.53. The zero-order valence-electron chi connectivity index (χ0n) is 9.21. The summed E-state index contributed by atoms with van der Waals surface area (Å²) in [6.45, 7) is 1.58. The summed E-state index contributed by atoms with van der Waals surface area (Å²) in [5.41, 5.74) is 1.95. The minimum Gasteiger partial charge on any atom is -0.300 e. The lowest BCUT2D eigenvalue weighted by Gasteiger charge is -2.01. The highest BCUT2D eigenvalue weighted by molar-refractivity contribution is 5.78. The number of aromatic nitrogens is 4. The van der Waals surface area contributed by atoms with Crippen LogP contribution < -0.4 is 0 Å². The highest BCUT2D eigenvalue weighted by Crippen LogP contribution is 2.15. The van der Waals surface area contributed by atoms with Gasteiger partial charge in [0.2, 0.25) is 0 Å². The minimum atomic E-state index is 0.160. The van der Waals surface area contributed by atoms with E-state index >= 15 is 0 Å². The number of carbonyl (C=O) groups excluding carboxylic acids is 1. The van der Waals surface area contributed by atoms with E-state index in [0.717, 1.165) is 17.0 Å². The van der Waals surface area contributed by atoms with Crippen LogP contribution in [0.25, 0.3) is 11.4 Å². The van der Waals surface area contributed by atoms with Crippen molar-refractivity contribution in [3.63, 3.8) is 0 Å². The Labute approximate surface area is 93.1 Å². The molecular weight excluding hydrogens is 204 g/mol. The van der Waals surface area contributed by atoms with Gasteiger partial charge in [0.1, 0.15) is 5.78 Å². The molecule has 1 aromatic carbocycles. The zero-order chi connectivity index (χ0) is 11.5. The van der Waals surface area contributed by atoms with Crippen molar-refractivity contribution in [2.24, 2.45) is 7.05 Å². The van der Waals surface area contributed by atoms with E-state index in [-0.39, 0.29) is 5.78 Å². The molecule has 1 heterocycles. The molecule has 0 saturated carbocycles. The van der Waals surface area contributed by atoms with Gasteiger partial charge in [0, 0.05) is 19.0 Å². The molecule has 82 valence electrons. The molecule has 2 aromatic rings.